The summed E-state index contributed by atoms with van der Waals surface area (Å²) in [5.41, 5.74) is 5.21. The molecule has 4 nitrogen and oxygen atoms in total. The minimum Gasteiger partial charge on any atom is -0.340 e. The fourth-order valence-corrected chi connectivity index (χ4v) is 3.44. The lowest BCUT2D eigenvalue weighted by Crippen LogP contribution is -2.01. The van der Waals surface area contributed by atoms with Gasteiger partial charge in [-0.15, -0.1) is 0 Å². The molecule has 0 bridgehead atoms. The van der Waals surface area contributed by atoms with Crippen molar-refractivity contribution in [2.75, 3.05) is 5.32 Å². The third-order valence-corrected chi connectivity index (χ3v) is 5.05. The molecule has 0 unspecified atom stereocenters. The molecule has 28 heavy (non-hydrogen) atoms. The highest BCUT2D eigenvalue weighted by atomic mass is 19.2. The molecule has 0 amide bonds. The topological polar surface area (TPSA) is 42.7 Å². The lowest BCUT2D eigenvalue weighted by molar-refractivity contribution is 0.508. The van der Waals surface area contributed by atoms with Gasteiger partial charge in [-0.3, -0.25) is 4.57 Å². The molecule has 4 aromatic rings. The standard InChI is InChI=1S/C22H20F2N4/c1-4-15-6-5-7-16(10-15)27-21-20-13(2)14(3)28(22(20)26-12-25-21)17-8-9-18(23)19(24)11-17/h5-12H,4H2,1-3H3,(H,25,26,27). The zero-order valence-electron chi connectivity index (χ0n) is 15.9. The Labute approximate surface area is 161 Å². The van der Waals surface area contributed by atoms with Gasteiger partial charge in [-0.1, -0.05) is 19.1 Å². The van der Waals surface area contributed by atoms with E-state index < -0.39 is 11.6 Å². The molecule has 0 aliphatic rings. The van der Waals surface area contributed by atoms with Crippen molar-refractivity contribution in [1.82, 2.24) is 14.5 Å². The van der Waals surface area contributed by atoms with Crippen molar-refractivity contribution in [3.8, 4) is 5.69 Å². The average Bonchev–Trinajstić information content (AvgIpc) is 2.96. The predicted molar refractivity (Wildman–Crippen MR) is 107 cm³/mol. The first-order valence-electron chi connectivity index (χ1n) is 9.13. The third-order valence-electron chi connectivity index (χ3n) is 5.05. The number of hydrogen-bond donors (Lipinski definition) is 1. The van der Waals surface area contributed by atoms with Crippen molar-refractivity contribution in [2.24, 2.45) is 0 Å². The maximum Gasteiger partial charge on any atom is 0.160 e. The summed E-state index contributed by atoms with van der Waals surface area (Å²) in [7, 11) is 0. The summed E-state index contributed by atoms with van der Waals surface area (Å²) in [4.78, 5) is 8.85. The first-order chi connectivity index (χ1) is 13.5. The number of hydrogen-bond acceptors (Lipinski definition) is 3. The van der Waals surface area contributed by atoms with Gasteiger partial charge in [-0.2, -0.15) is 0 Å². The number of anilines is 2. The molecule has 0 aliphatic carbocycles. The Morgan fingerprint density at radius 3 is 2.57 bits per heavy atom. The van der Waals surface area contributed by atoms with E-state index in [4.69, 9.17) is 0 Å². The summed E-state index contributed by atoms with van der Waals surface area (Å²) in [6.07, 6.45) is 2.42. The van der Waals surface area contributed by atoms with Crippen LogP contribution in [0.3, 0.4) is 0 Å². The zero-order valence-corrected chi connectivity index (χ0v) is 15.9. The van der Waals surface area contributed by atoms with Crippen LogP contribution in [-0.2, 0) is 6.42 Å². The Balaban J connectivity index is 1.87. The Bertz CT molecular complexity index is 1180. The molecule has 142 valence electrons. The number of rotatable bonds is 4. The zero-order chi connectivity index (χ0) is 19.8. The van der Waals surface area contributed by atoms with Crippen molar-refractivity contribution in [3.05, 3.63) is 77.2 Å². The number of aryl methyl sites for hydroxylation is 2. The molecule has 0 fully saturated rings. The lowest BCUT2D eigenvalue weighted by Gasteiger charge is -2.10. The van der Waals surface area contributed by atoms with Gasteiger partial charge in [0.05, 0.1) is 11.1 Å². The van der Waals surface area contributed by atoms with E-state index in [1.165, 1.54) is 18.0 Å². The molecule has 4 rings (SSSR count). The fraction of sp³-hybridized carbons (Fsp3) is 0.182. The molecule has 2 aromatic heterocycles. The normalized spacial score (nSPS) is 11.2. The van der Waals surface area contributed by atoms with E-state index >= 15 is 0 Å². The van der Waals surface area contributed by atoms with E-state index in [0.29, 0.717) is 17.2 Å². The summed E-state index contributed by atoms with van der Waals surface area (Å²) in [6.45, 7) is 6.02. The van der Waals surface area contributed by atoms with E-state index in [1.54, 1.807) is 6.07 Å². The fourth-order valence-electron chi connectivity index (χ4n) is 3.44. The van der Waals surface area contributed by atoms with Crippen LogP contribution in [0.5, 0.6) is 0 Å². The average molecular weight is 378 g/mol. The second-order valence-electron chi connectivity index (χ2n) is 6.74. The van der Waals surface area contributed by atoms with Gasteiger partial charge in [0.15, 0.2) is 17.3 Å². The van der Waals surface area contributed by atoms with Gasteiger partial charge in [0.25, 0.3) is 0 Å². The van der Waals surface area contributed by atoms with Gasteiger partial charge >= 0.3 is 0 Å². The quantitative estimate of drug-likeness (QED) is 0.501. The molecule has 0 radical (unpaired) electrons. The van der Waals surface area contributed by atoms with Crippen LogP contribution in [-0.4, -0.2) is 14.5 Å². The number of benzene rings is 2. The maximum atomic E-state index is 13.8. The summed E-state index contributed by atoms with van der Waals surface area (Å²) < 4.78 is 29.0. The van der Waals surface area contributed by atoms with E-state index in [9.17, 15) is 8.78 Å². The van der Waals surface area contributed by atoms with Crippen molar-refractivity contribution in [3.63, 3.8) is 0 Å². The SMILES string of the molecule is CCc1cccc(Nc2ncnc3c2c(C)c(C)n3-c2ccc(F)c(F)c2)c1. The first kappa shape index (κ1) is 18.1. The first-order valence-corrected chi connectivity index (χ1v) is 9.13. The maximum absolute atomic E-state index is 13.8. The van der Waals surface area contributed by atoms with E-state index in [1.807, 2.05) is 30.5 Å². The molecule has 0 aliphatic heterocycles. The third kappa shape index (κ3) is 3.01. The number of aromatic nitrogens is 3. The molecule has 6 heteroatoms. The Morgan fingerprint density at radius 1 is 1.00 bits per heavy atom. The van der Waals surface area contributed by atoms with Crippen LogP contribution in [0.15, 0.2) is 48.8 Å². The molecule has 2 heterocycles. The molecule has 0 saturated carbocycles. The monoisotopic (exact) mass is 378 g/mol. The number of halogens is 2. The van der Waals surface area contributed by atoms with Gasteiger partial charge in [0, 0.05) is 17.4 Å². The Hall–Kier alpha value is -3.28. The molecule has 0 spiro atoms. The molecular weight excluding hydrogens is 358 g/mol. The number of nitrogens with zero attached hydrogens (tertiary/aromatic N) is 3. The van der Waals surface area contributed by atoms with Crippen LogP contribution in [0, 0.1) is 25.5 Å². The van der Waals surface area contributed by atoms with Gasteiger partial charge < -0.3 is 5.32 Å². The van der Waals surface area contributed by atoms with Crippen molar-refractivity contribution in [1.29, 1.82) is 0 Å². The molecule has 1 N–H and O–H groups in total. The van der Waals surface area contributed by atoms with Gasteiger partial charge in [0.1, 0.15) is 12.1 Å². The molecular formula is C22H20F2N4. The second kappa shape index (κ2) is 7.03. The highest BCUT2D eigenvalue weighted by molar-refractivity contribution is 5.94. The smallest absolute Gasteiger partial charge is 0.160 e. The highest BCUT2D eigenvalue weighted by Gasteiger charge is 2.18. The summed E-state index contributed by atoms with van der Waals surface area (Å²) in [6, 6.07) is 12.0. The van der Waals surface area contributed by atoms with Crippen LogP contribution in [0.2, 0.25) is 0 Å². The van der Waals surface area contributed by atoms with E-state index in [0.717, 1.165) is 34.8 Å². The van der Waals surface area contributed by atoms with Gasteiger partial charge in [0.2, 0.25) is 0 Å². The van der Waals surface area contributed by atoms with Gasteiger partial charge in [-0.25, -0.2) is 18.7 Å². The molecule has 0 saturated heterocycles. The molecule has 0 atom stereocenters. The summed E-state index contributed by atoms with van der Waals surface area (Å²) in [5.74, 6) is -1.08. The summed E-state index contributed by atoms with van der Waals surface area (Å²) >= 11 is 0. The van der Waals surface area contributed by atoms with E-state index in [2.05, 4.69) is 34.3 Å². The van der Waals surface area contributed by atoms with Crippen LogP contribution >= 0.6 is 0 Å². The second-order valence-corrected chi connectivity index (χ2v) is 6.74. The van der Waals surface area contributed by atoms with Crippen LogP contribution in [0.4, 0.5) is 20.3 Å². The minimum absolute atomic E-state index is 0.520. The lowest BCUT2D eigenvalue weighted by atomic mass is 10.1. The minimum atomic E-state index is -0.889. The van der Waals surface area contributed by atoms with Crippen LogP contribution < -0.4 is 5.32 Å². The molecule has 2 aromatic carbocycles. The largest absolute Gasteiger partial charge is 0.340 e. The Kier molecular flexibility index (Phi) is 4.55. The van der Waals surface area contributed by atoms with Crippen LogP contribution in [0.1, 0.15) is 23.7 Å². The van der Waals surface area contributed by atoms with E-state index in [-0.39, 0.29) is 0 Å². The predicted octanol–water partition coefficient (Wildman–Crippen LogP) is 5.62. The Morgan fingerprint density at radius 2 is 1.82 bits per heavy atom. The van der Waals surface area contributed by atoms with Crippen LogP contribution in [0.25, 0.3) is 16.7 Å². The summed E-state index contributed by atoms with van der Waals surface area (Å²) in [5, 5.41) is 4.23. The highest BCUT2D eigenvalue weighted by Crippen LogP contribution is 2.33. The van der Waals surface area contributed by atoms with Gasteiger partial charge in [-0.05, 0) is 55.7 Å². The number of nitrogens with one attached hydrogen (secondary N) is 1. The van der Waals surface area contributed by atoms with Crippen molar-refractivity contribution in [2.45, 2.75) is 27.2 Å². The number of fused-ring (bicyclic) bond motifs is 1. The van der Waals surface area contributed by atoms with Crippen molar-refractivity contribution < 1.29 is 8.78 Å². The van der Waals surface area contributed by atoms with Crippen molar-refractivity contribution >= 4 is 22.5 Å².